The molecule has 0 spiro atoms. The van der Waals surface area contributed by atoms with Crippen LogP contribution in [0.3, 0.4) is 0 Å². The van der Waals surface area contributed by atoms with Crippen molar-refractivity contribution in [2.45, 2.75) is 63.4 Å². The molecular formula is C37H45ClN8O11. The van der Waals surface area contributed by atoms with Gasteiger partial charge < -0.3 is 47.4 Å². The molecule has 306 valence electrons. The van der Waals surface area contributed by atoms with Gasteiger partial charge in [-0.1, -0.05) is 60.7 Å². The molecule has 1 aliphatic rings. The fourth-order valence-corrected chi connectivity index (χ4v) is 5.69. The molecule has 1 fully saturated rings. The second-order valence-electron chi connectivity index (χ2n) is 12.5. The minimum Gasteiger partial charge on any atom is -0.508 e. The van der Waals surface area contributed by atoms with Gasteiger partial charge in [0.2, 0.25) is 18.0 Å². The summed E-state index contributed by atoms with van der Waals surface area (Å²) >= 11 is 0. The number of urea groups is 1. The van der Waals surface area contributed by atoms with Crippen molar-refractivity contribution in [3.63, 3.8) is 0 Å². The number of carboxylic acids is 3. The number of halogens is 1. The van der Waals surface area contributed by atoms with Gasteiger partial charge in [0.15, 0.2) is 5.96 Å². The SMILES string of the molecule is CC(=O)N(c1ccccc1)[C@H](C(=O)O)N1C(=O)[C@H](CCCNC(=N)N)N(Cc2ccccc2)C1=O.Cl.N[C@H](CC(=O)O)C(=O)N[C@@H](Cc1ccc(O)cc1)C(=O)O. The van der Waals surface area contributed by atoms with Crippen LogP contribution in [0.25, 0.3) is 0 Å². The second kappa shape index (κ2) is 22.0. The van der Waals surface area contributed by atoms with E-state index in [9.17, 15) is 38.7 Å². The zero-order chi connectivity index (χ0) is 41.5. The predicted molar refractivity (Wildman–Crippen MR) is 207 cm³/mol. The lowest BCUT2D eigenvalue weighted by Crippen LogP contribution is -2.57. The predicted octanol–water partition coefficient (Wildman–Crippen LogP) is 1.27. The minimum atomic E-state index is -1.85. The Kier molecular flexibility index (Phi) is 17.9. The number of amides is 5. The number of benzene rings is 3. The van der Waals surface area contributed by atoms with Crippen molar-refractivity contribution in [1.82, 2.24) is 20.4 Å². The molecule has 0 aromatic heterocycles. The average molecular weight is 813 g/mol. The van der Waals surface area contributed by atoms with Crippen LogP contribution in [0.5, 0.6) is 5.75 Å². The summed E-state index contributed by atoms with van der Waals surface area (Å²) in [5.41, 5.74) is 12.3. The van der Waals surface area contributed by atoms with Crippen molar-refractivity contribution in [2.24, 2.45) is 11.5 Å². The smallest absolute Gasteiger partial charge is 0.348 e. The highest BCUT2D eigenvalue weighted by Gasteiger charge is 2.52. The molecule has 4 rings (SSSR count). The summed E-state index contributed by atoms with van der Waals surface area (Å²) in [6.45, 7) is 1.57. The summed E-state index contributed by atoms with van der Waals surface area (Å²) in [6.07, 6.45) is -1.84. The van der Waals surface area contributed by atoms with Crippen LogP contribution in [0.1, 0.15) is 37.3 Å². The summed E-state index contributed by atoms with van der Waals surface area (Å²) in [7, 11) is 0. The van der Waals surface area contributed by atoms with Crippen LogP contribution in [0.2, 0.25) is 0 Å². The topological polar surface area (TPSA) is 310 Å². The summed E-state index contributed by atoms with van der Waals surface area (Å²) < 4.78 is 0. The van der Waals surface area contributed by atoms with Crippen LogP contribution in [0.15, 0.2) is 84.9 Å². The van der Waals surface area contributed by atoms with Gasteiger partial charge in [-0.05, 0) is 48.2 Å². The van der Waals surface area contributed by atoms with E-state index >= 15 is 0 Å². The van der Waals surface area contributed by atoms with Gasteiger partial charge >= 0.3 is 23.9 Å². The molecule has 0 aliphatic carbocycles. The molecule has 0 unspecified atom stereocenters. The Morgan fingerprint density at radius 2 is 1.46 bits per heavy atom. The van der Waals surface area contributed by atoms with E-state index in [1.54, 1.807) is 42.5 Å². The highest BCUT2D eigenvalue weighted by molar-refractivity contribution is 6.09. The lowest BCUT2D eigenvalue weighted by molar-refractivity contribution is -0.148. The molecule has 5 amide bonds. The Morgan fingerprint density at radius 3 is 1.96 bits per heavy atom. The molecule has 20 heteroatoms. The number of nitrogens with two attached hydrogens (primary N) is 2. The molecule has 1 saturated heterocycles. The maximum atomic E-state index is 13.5. The van der Waals surface area contributed by atoms with Crippen molar-refractivity contribution in [2.75, 3.05) is 11.4 Å². The summed E-state index contributed by atoms with van der Waals surface area (Å²) in [6, 6.07) is 18.6. The second-order valence-corrected chi connectivity index (χ2v) is 12.5. The average Bonchev–Trinajstić information content (AvgIpc) is 3.36. The van der Waals surface area contributed by atoms with Gasteiger partial charge in [0, 0.05) is 32.1 Å². The molecule has 0 bridgehead atoms. The molecule has 3 aromatic rings. The van der Waals surface area contributed by atoms with Crippen molar-refractivity contribution in [3.8, 4) is 5.75 Å². The van der Waals surface area contributed by atoms with E-state index < -0.39 is 72.4 Å². The number of imide groups is 1. The molecule has 0 saturated carbocycles. The number of nitrogens with one attached hydrogen (secondary N) is 3. The number of phenols is 1. The van der Waals surface area contributed by atoms with E-state index in [1.165, 1.54) is 48.2 Å². The third-order valence-corrected chi connectivity index (χ3v) is 8.32. The van der Waals surface area contributed by atoms with E-state index in [2.05, 4.69) is 10.6 Å². The number of para-hydroxylation sites is 1. The summed E-state index contributed by atoms with van der Waals surface area (Å²) in [5.74, 6) is -6.38. The summed E-state index contributed by atoms with van der Waals surface area (Å²) in [4.78, 5) is 88.1. The Bertz CT molecular complexity index is 1890. The Labute approximate surface area is 333 Å². The van der Waals surface area contributed by atoms with Crippen LogP contribution < -0.4 is 27.0 Å². The molecule has 0 radical (unpaired) electrons. The van der Waals surface area contributed by atoms with Crippen molar-refractivity contribution >= 4 is 65.7 Å². The number of aliphatic carboxylic acids is 3. The van der Waals surface area contributed by atoms with Gasteiger partial charge in [-0.3, -0.25) is 29.5 Å². The van der Waals surface area contributed by atoms with Gasteiger partial charge in [-0.15, -0.1) is 12.4 Å². The first-order chi connectivity index (χ1) is 26.5. The van der Waals surface area contributed by atoms with Crippen molar-refractivity contribution in [3.05, 3.63) is 96.1 Å². The number of aromatic hydroxyl groups is 1. The number of rotatable bonds is 17. The van der Waals surface area contributed by atoms with Crippen molar-refractivity contribution < 1.29 is 54.0 Å². The molecule has 4 atom stereocenters. The number of nitrogens with zero attached hydrogens (tertiary/aromatic N) is 3. The zero-order valence-electron chi connectivity index (χ0n) is 30.7. The van der Waals surface area contributed by atoms with Crippen LogP contribution >= 0.6 is 12.4 Å². The van der Waals surface area contributed by atoms with Gasteiger partial charge in [0.25, 0.3) is 5.91 Å². The van der Waals surface area contributed by atoms with E-state index in [-0.39, 0.29) is 49.2 Å². The Hall–Kier alpha value is -6.73. The lowest BCUT2D eigenvalue weighted by Gasteiger charge is -2.32. The minimum absolute atomic E-state index is 0. The first kappa shape index (κ1) is 46.4. The number of anilines is 1. The largest absolute Gasteiger partial charge is 0.508 e. The number of phenolic OH excluding ortho intramolecular Hbond substituents is 1. The molecule has 3 aromatic carbocycles. The van der Waals surface area contributed by atoms with E-state index in [4.69, 9.17) is 32.2 Å². The van der Waals surface area contributed by atoms with Gasteiger partial charge in [0.1, 0.15) is 17.8 Å². The standard InChI is InChI=1S/C24H28N6O5.C13H16N2O6.ClH/c1-16(31)29(18-11-6-3-7-12-18)20(22(33)34)30-21(32)19(13-8-14-27-23(25)26)28(24(30)35)15-17-9-4-2-5-10-17;14-9(6-11(17)18)12(19)15-10(13(20)21)5-7-1-3-8(16)4-2-7;/h2-7,9-12,19-20H,8,13-15H2,1H3,(H,33,34)(H4,25,26,27);1-4,9-10,16H,5-6,14H2,(H,15,19)(H,17,18)(H,20,21);1H/t19-,20-;9-,10+;/m01./s1. The zero-order valence-corrected chi connectivity index (χ0v) is 31.5. The quantitative estimate of drug-likeness (QED) is 0.0402. The number of carbonyl (C=O) groups is 7. The maximum Gasteiger partial charge on any atom is 0.348 e. The first-order valence-electron chi connectivity index (χ1n) is 17.1. The van der Waals surface area contributed by atoms with Gasteiger partial charge in [0.05, 0.1) is 12.5 Å². The monoisotopic (exact) mass is 812 g/mol. The number of carbonyl (C=O) groups excluding carboxylic acids is 4. The van der Waals surface area contributed by atoms with Gasteiger partial charge in [-0.25, -0.2) is 19.3 Å². The third-order valence-electron chi connectivity index (χ3n) is 8.32. The number of guanidine groups is 1. The normalized spacial score (nSPS) is 14.8. The van der Waals surface area contributed by atoms with E-state index in [1.807, 2.05) is 6.07 Å². The molecule has 1 heterocycles. The van der Waals surface area contributed by atoms with Crippen LogP contribution in [-0.2, 0) is 41.7 Å². The Balaban J connectivity index is 0.000000438. The third kappa shape index (κ3) is 13.5. The fourth-order valence-electron chi connectivity index (χ4n) is 5.69. The van der Waals surface area contributed by atoms with Crippen molar-refractivity contribution in [1.29, 1.82) is 5.41 Å². The Morgan fingerprint density at radius 1 is 0.877 bits per heavy atom. The number of hydrogen-bond acceptors (Lipinski definition) is 10. The molecule has 1 aliphatic heterocycles. The molecule has 19 nitrogen and oxygen atoms in total. The molecule has 11 N–H and O–H groups in total. The number of carboxylic acid groups (broad SMARTS) is 3. The van der Waals surface area contributed by atoms with Crippen LogP contribution in [0.4, 0.5) is 10.5 Å². The maximum absolute atomic E-state index is 13.5. The summed E-state index contributed by atoms with van der Waals surface area (Å²) in [5, 5.41) is 49.0. The van der Waals surface area contributed by atoms with Crippen LogP contribution in [0, 0.1) is 5.41 Å². The first-order valence-corrected chi connectivity index (χ1v) is 17.1. The van der Waals surface area contributed by atoms with Crippen LogP contribution in [-0.4, -0.2) is 109 Å². The fraction of sp³-hybridized carbons (Fsp3) is 0.297. The van der Waals surface area contributed by atoms with E-state index in [0.717, 1.165) is 10.5 Å². The van der Waals surface area contributed by atoms with E-state index in [0.29, 0.717) is 23.4 Å². The van der Waals surface area contributed by atoms with Gasteiger partial charge in [-0.2, -0.15) is 0 Å². The highest BCUT2D eigenvalue weighted by atomic mass is 35.5. The highest BCUT2D eigenvalue weighted by Crippen LogP contribution is 2.29. The number of hydrogen-bond donors (Lipinski definition) is 9. The molecular weight excluding hydrogens is 768 g/mol. The molecule has 57 heavy (non-hydrogen) atoms. The lowest BCUT2D eigenvalue weighted by atomic mass is 10.1.